The van der Waals surface area contributed by atoms with Gasteiger partial charge < -0.3 is 30.8 Å². The van der Waals surface area contributed by atoms with Gasteiger partial charge in [0.05, 0.1) is 12.6 Å². The molecular weight excluding hydrogens is 508 g/mol. The summed E-state index contributed by atoms with van der Waals surface area (Å²) in [6, 6.07) is -0.901. The van der Waals surface area contributed by atoms with Crippen LogP contribution in [-0.2, 0) is 43.0 Å². The number of hydrogen-bond acceptors (Lipinski definition) is 12. The van der Waals surface area contributed by atoms with E-state index in [2.05, 4.69) is 0 Å². The molecule has 1 amide bonds. The van der Waals surface area contributed by atoms with Crippen LogP contribution < -0.4 is 11.5 Å². The second-order valence-corrected chi connectivity index (χ2v) is 9.40. The molecule has 0 spiro atoms. The topological polar surface area (TPSA) is 202 Å². The van der Waals surface area contributed by atoms with Gasteiger partial charge in [0.2, 0.25) is 5.91 Å². The number of hydrogen-bond donors (Lipinski definition) is 3. The summed E-state index contributed by atoms with van der Waals surface area (Å²) in [6.07, 6.45) is -0.231. The predicted molar refractivity (Wildman–Crippen MR) is 135 cm³/mol. The van der Waals surface area contributed by atoms with E-state index in [9.17, 15) is 33.9 Å². The number of rotatable bonds is 23. The fraction of sp³-hybridized carbons (Fsp3) is 0.750. The number of esters is 2. The largest absolute Gasteiger partial charge is 0.462 e. The molecule has 3 atom stereocenters. The van der Waals surface area contributed by atoms with Gasteiger partial charge in [-0.25, -0.2) is 0 Å². The summed E-state index contributed by atoms with van der Waals surface area (Å²) in [7, 11) is 0. The molecule has 0 aliphatic rings. The summed E-state index contributed by atoms with van der Waals surface area (Å²) in [4.78, 5) is 70.0. The highest BCUT2D eigenvalue weighted by molar-refractivity contribution is 7.99. The van der Waals surface area contributed by atoms with Gasteiger partial charge in [-0.05, 0) is 6.42 Å². The molecule has 37 heavy (non-hydrogen) atoms. The third-order valence-corrected chi connectivity index (χ3v) is 6.27. The lowest BCUT2D eigenvalue weighted by Gasteiger charge is -2.19. The summed E-state index contributed by atoms with van der Waals surface area (Å²) in [5, 5.41) is 9.56. The van der Waals surface area contributed by atoms with Crippen molar-refractivity contribution in [2.24, 2.45) is 17.4 Å². The Morgan fingerprint density at radius 2 is 1.59 bits per heavy atom. The van der Waals surface area contributed by atoms with Gasteiger partial charge in [-0.3, -0.25) is 28.8 Å². The highest BCUT2D eigenvalue weighted by atomic mass is 32.2. The van der Waals surface area contributed by atoms with Crippen LogP contribution in [0.4, 0.5) is 0 Å². The van der Waals surface area contributed by atoms with Crippen LogP contribution in [0.1, 0.15) is 58.8 Å². The lowest BCUT2D eigenvalue weighted by Crippen LogP contribution is -2.37. The maximum atomic E-state index is 12.5. The van der Waals surface area contributed by atoms with Gasteiger partial charge in [0, 0.05) is 62.6 Å². The molecule has 0 aromatic carbocycles. The lowest BCUT2D eigenvalue weighted by atomic mass is 9.93. The molecule has 5 N–H and O–H groups in total. The molecule has 0 saturated heterocycles. The molecule has 212 valence electrons. The van der Waals surface area contributed by atoms with Gasteiger partial charge in [-0.15, -0.1) is 0 Å². The Kier molecular flexibility index (Phi) is 19.4. The fourth-order valence-electron chi connectivity index (χ4n) is 2.84. The van der Waals surface area contributed by atoms with E-state index in [0.717, 1.165) is 0 Å². The van der Waals surface area contributed by atoms with Gasteiger partial charge in [0.1, 0.15) is 25.1 Å². The van der Waals surface area contributed by atoms with Gasteiger partial charge >= 0.3 is 11.9 Å². The van der Waals surface area contributed by atoms with Crippen molar-refractivity contribution in [3.05, 3.63) is 0 Å². The number of Topliss-reactive ketones (excluding diaryl/α,β-unsaturated/α-hetero) is 3. The molecular formula is C24H40N2O10S. The number of primary amides is 1. The first kappa shape index (κ1) is 34.6. The highest BCUT2D eigenvalue weighted by Gasteiger charge is 2.25. The summed E-state index contributed by atoms with van der Waals surface area (Å²) in [6.45, 7) is 2.63. The Morgan fingerprint density at radius 3 is 2.19 bits per heavy atom. The maximum absolute atomic E-state index is 12.5. The van der Waals surface area contributed by atoms with Crippen molar-refractivity contribution in [3.8, 4) is 0 Å². The van der Waals surface area contributed by atoms with Crippen LogP contribution in [0.25, 0.3) is 0 Å². The van der Waals surface area contributed by atoms with E-state index in [1.807, 2.05) is 0 Å². The Morgan fingerprint density at radius 1 is 0.919 bits per heavy atom. The first-order valence-electron chi connectivity index (χ1n) is 12.3. The molecule has 0 heterocycles. The molecule has 0 bridgehead atoms. The van der Waals surface area contributed by atoms with Crippen LogP contribution in [-0.4, -0.2) is 90.4 Å². The van der Waals surface area contributed by atoms with Crippen LogP contribution in [0, 0.1) is 5.92 Å². The van der Waals surface area contributed by atoms with E-state index in [1.54, 1.807) is 13.8 Å². The first-order valence-corrected chi connectivity index (χ1v) is 13.4. The number of nitrogens with two attached hydrogens (primary N) is 2. The van der Waals surface area contributed by atoms with E-state index in [4.69, 9.17) is 25.7 Å². The van der Waals surface area contributed by atoms with Crippen molar-refractivity contribution < 1.29 is 48.1 Å². The smallest absolute Gasteiger partial charge is 0.305 e. The van der Waals surface area contributed by atoms with Gasteiger partial charge in [0.25, 0.3) is 0 Å². The minimum atomic E-state index is -0.901. The summed E-state index contributed by atoms with van der Waals surface area (Å²) in [5.74, 6) is -2.86. The lowest BCUT2D eigenvalue weighted by molar-refractivity contribution is -0.157. The molecule has 0 aromatic rings. The van der Waals surface area contributed by atoms with Gasteiger partial charge in [0.15, 0.2) is 11.6 Å². The number of aliphatic hydroxyl groups excluding tert-OH is 1. The molecule has 0 aromatic heterocycles. The normalized spacial score (nSPS) is 13.3. The van der Waals surface area contributed by atoms with Crippen molar-refractivity contribution >= 4 is 47.0 Å². The minimum absolute atomic E-state index is 0.00163. The standard InChI is InChI=1S/C24H40N2O10S/c1-3-23(32)35-13-18(36-24(33)4-2)14-37-15-19(25)21(30)10-16(11-27)20(29)6-5-9-34-12-17(28)7-8-22(26)31/h16,18-19,27H,3-15,25H2,1-2H3,(H2,26,31). The number of carbonyl (C=O) groups is 6. The van der Waals surface area contributed by atoms with Crippen molar-refractivity contribution in [1.29, 1.82) is 0 Å². The second-order valence-electron chi connectivity index (χ2n) is 8.32. The van der Waals surface area contributed by atoms with E-state index in [0.29, 0.717) is 6.42 Å². The quantitative estimate of drug-likeness (QED) is 0.115. The molecule has 12 nitrogen and oxygen atoms in total. The molecule has 0 fully saturated rings. The Balaban J connectivity index is 4.41. The van der Waals surface area contributed by atoms with Crippen molar-refractivity contribution in [3.63, 3.8) is 0 Å². The number of aliphatic hydroxyl groups is 1. The van der Waals surface area contributed by atoms with Gasteiger partial charge in [-0.1, -0.05) is 13.8 Å². The van der Waals surface area contributed by atoms with Crippen LogP contribution in [0.15, 0.2) is 0 Å². The Bertz CT molecular complexity index is 762. The van der Waals surface area contributed by atoms with E-state index in [1.165, 1.54) is 11.8 Å². The average Bonchev–Trinajstić information content (AvgIpc) is 2.87. The van der Waals surface area contributed by atoms with Crippen LogP contribution >= 0.6 is 11.8 Å². The number of thioether (sulfide) groups is 1. The van der Waals surface area contributed by atoms with Crippen LogP contribution in [0.2, 0.25) is 0 Å². The monoisotopic (exact) mass is 548 g/mol. The van der Waals surface area contributed by atoms with E-state index < -0.39 is 48.3 Å². The number of amides is 1. The number of carbonyl (C=O) groups excluding carboxylic acids is 6. The summed E-state index contributed by atoms with van der Waals surface area (Å²) in [5.41, 5.74) is 10.9. The molecule has 0 saturated carbocycles. The Hall–Kier alpha value is -2.35. The molecule has 0 rings (SSSR count). The van der Waals surface area contributed by atoms with Crippen molar-refractivity contribution in [2.75, 3.05) is 37.9 Å². The third-order valence-electron chi connectivity index (χ3n) is 5.07. The maximum Gasteiger partial charge on any atom is 0.305 e. The van der Waals surface area contributed by atoms with Crippen LogP contribution in [0.5, 0.6) is 0 Å². The number of ether oxygens (including phenoxy) is 3. The van der Waals surface area contributed by atoms with Gasteiger partial charge in [-0.2, -0.15) is 11.8 Å². The zero-order chi connectivity index (χ0) is 28.2. The molecule has 3 unspecified atom stereocenters. The highest BCUT2D eigenvalue weighted by Crippen LogP contribution is 2.14. The van der Waals surface area contributed by atoms with E-state index in [-0.39, 0.29) is 81.4 Å². The Labute approximate surface area is 221 Å². The SMILES string of the molecule is CCC(=O)OCC(CSCC(N)C(=O)CC(CO)C(=O)CCCOCC(=O)CCC(N)=O)OC(=O)CC. The summed E-state index contributed by atoms with van der Waals surface area (Å²) < 4.78 is 15.5. The van der Waals surface area contributed by atoms with Crippen LogP contribution in [0.3, 0.4) is 0 Å². The third kappa shape index (κ3) is 17.7. The predicted octanol–water partition coefficient (Wildman–Crippen LogP) is 0.0901. The fourth-order valence-corrected chi connectivity index (χ4v) is 3.84. The molecule has 0 radical (unpaired) electrons. The molecule has 13 heteroatoms. The van der Waals surface area contributed by atoms with E-state index >= 15 is 0 Å². The number of ketones is 3. The summed E-state index contributed by atoms with van der Waals surface area (Å²) >= 11 is 1.25. The zero-order valence-electron chi connectivity index (χ0n) is 21.6. The molecule has 0 aliphatic carbocycles. The first-order chi connectivity index (χ1) is 17.5. The zero-order valence-corrected chi connectivity index (χ0v) is 22.4. The second kappa shape index (κ2) is 20.7. The molecule has 0 aliphatic heterocycles. The van der Waals surface area contributed by atoms with Crippen molar-refractivity contribution in [1.82, 2.24) is 0 Å². The van der Waals surface area contributed by atoms with Crippen molar-refractivity contribution in [2.45, 2.75) is 70.9 Å². The average molecular weight is 549 g/mol. The minimum Gasteiger partial charge on any atom is -0.462 e.